The Balaban J connectivity index is 2.87. The predicted octanol–water partition coefficient (Wildman–Crippen LogP) is 3.66. The van der Waals surface area contributed by atoms with Crippen LogP contribution in [-0.4, -0.2) is 31.2 Å². The van der Waals surface area contributed by atoms with Gasteiger partial charge in [-0.2, -0.15) is 0 Å². The standard InChI is InChI=1S/C16H31N3OS/c1-7-13(5)10-19(8-2)16-18-14(11-20-6)15(21-16)9-17-12(3)4/h12-13,17H,7-11H2,1-6H3. The number of anilines is 1. The van der Waals surface area contributed by atoms with Crippen LogP contribution in [0.1, 0.15) is 51.6 Å². The monoisotopic (exact) mass is 313 g/mol. The molecule has 122 valence electrons. The molecular weight excluding hydrogens is 282 g/mol. The molecule has 0 bridgehead atoms. The SMILES string of the molecule is CCC(C)CN(CC)c1nc(COC)c(CNC(C)C)s1. The number of nitrogens with zero attached hydrogens (tertiary/aromatic N) is 2. The van der Waals surface area contributed by atoms with Crippen molar-refractivity contribution in [1.82, 2.24) is 10.3 Å². The normalized spacial score (nSPS) is 12.9. The molecule has 1 aromatic rings. The number of rotatable bonds is 10. The summed E-state index contributed by atoms with van der Waals surface area (Å²) in [7, 11) is 1.73. The molecule has 1 unspecified atom stereocenters. The molecule has 0 spiro atoms. The zero-order valence-corrected chi connectivity index (χ0v) is 15.2. The van der Waals surface area contributed by atoms with Gasteiger partial charge in [0, 0.05) is 37.7 Å². The van der Waals surface area contributed by atoms with Crippen LogP contribution in [-0.2, 0) is 17.9 Å². The van der Waals surface area contributed by atoms with Crippen LogP contribution in [0.5, 0.6) is 0 Å². The van der Waals surface area contributed by atoms with Crippen molar-refractivity contribution in [3.8, 4) is 0 Å². The van der Waals surface area contributed by atoms with E-state index in [4.69, 9.17) is 9.72 Å². The molecule has 1 heterocycles. The molecule has 0 aliphatic carbocycles. The van der Waals surface area contributed by atoms with Crippen LogP contribution in [0.25, 0.3) is 0 Å². The second-order valence-electron chi connectivity index (χ2n) is 5.89. The van der Waals surface area contributed by atoms with Gasteiger partial charge in [-0.1, -0.05) is 34.1 Å². The van der Waals surface area contributed by atoms with Crippen molar-refractivity contribution in [2.75, 3.05) is 25.1 Å². The molecule has 0 aliphatic heterocycles. The number of hydrogen-bond donors (Lipinski definition) is 1. The minimum absolute atomic E-state index is 0.480. The van der Waals surface area contributed by atoms with Crippen LogP contribution in [0.15, 0.2) is 0 Å². The summed E-state index contributed by atoms with van der Waals surface area (Å²) in [5.41, 5.74) is 1.08. The Hall–Kier alpha value is -0.650. The molecule has 0 aromatic carbocycles. The Morgan fingerprint density at radius 3 is 2.52 bits per heavy atom. The summed E-state index contributed by atoms with van der Waals surface area (Å²) in [5.74, 6) is 0.692. The lowest BCUT2D eigenvalue weighted by Crippen LogP contribution is -2.27. The van der Waals surface area contributed by atoms with E-state index in [0.717, 1.165) is 30.5 Å². The van der Waals surface area contributed by atoms with Crippen LogP contribution in [0.3, 0.4) is 0 Å². The van der Waals surface area contributed by atoms with Gasteiger partial charge in [0.2, 0.25) is 0 Å². The summed E-state index contributed by atoms with van der Waals surface area (Å²) in [5, 5.41) is 4.61. The van der Waals surface area contributed by atoms with E-state index in [2.05, 4.69) is 44.8 Å². The largest absolute Gasteiger partial charge is 0.378 e. The van der Waals surface area contributed by atoms with E-state index in [9.17, 15) is 0 Å². The first kappa shape index (κ1) is 18.4. The lowest BCUT2D eigenvalue weighted by Gasteiger charge is -2.23. The molecule has 0 aliphatic rings. The van der Waals surface area contributed by atoms with Gasteiger partial charge in [-0.05, 0) is 12.8 Å². The summed E-state index contributed by atoms with van der Waals surface area (Å²) in [4.78, 5) is 8.50. The van der Waals surface area contributed by atoms with Gasteiger partial charge < -0.3 is 15.0 Å². The Morgan fingerprint density at radius 1 is 1.29 bits per heavy atom. The lowest BCUT2D eigenvalue weighted by molar-refractivity contribution is 0.181. The van der Waals surface area contributed by atoms with Crippen molar-refractivity contribution < 1.29 is 4.74 Å². The predicted molar refractivity (Wildman–Crippen MR) is 92.1 cm³/mol. The summed E-state index contributed by atoms with van der Waals surface area (Å²) in [6.07, 6.45) is 1.20. The van der Waals surface area contributed by atoms with E-state index in [1.165, 1.54) is 11.3 Å². The van der Waals surface area contributed by atoms with Gasteiger partial charge >= 0.3 is 0 Å². The lowest BCUT2D eigenvalue weighted by atomic mass is 10.1. The smallest absolute Gasteiger partial charge is 0.185 e. The van der Waals surface area contributed by atoms with Crippen molar-refractivity contribution in [2.45, 2.75) is 60.2 Å². The number of hydrogen-bond acceptors (Lipinski definition) is 5. The molecule has 1 aromatic heterocycles. The number of nitrogens with one attached hydrogen (secondary N) is 1. The summed E-state index contributed by atoms with van der Waals surface area (Å²) >= 11 is 1.80. The summed E-state index contributed by atoms with van der Waals surface area (Å²) in [6.45, 7) is 14.6. The van der Waals surface area contributed by atoms with E-state index >= 15 is 0 Å². The number of thiazole rings is 1. The fraction of sp³-hybridized carbons (Fsp3) is 0.812. The molecule has 5 heteroatoms. The topological polar surface area (TPSA) is 37.4 Å². The van der Waals surface area contributed by atoms with E-state index in [0.29, 0.717) is 18.6 Å². The van der Waals surface area contributed by atoms with E-state index in [1.54, 1.807) is 18.4 Å². The molecular formula is C16H31N3OS. The Kier molecular flexibility index (Phi) is 8.22. The van der Waals surface area contributed by atoms with Crippen molar-refractivity contribution in [3.05, 3.63) is 10.6 Å². The zero-order valence-electron chi connectivity index (χ0n) is 14.4. The van der Waals surface area contributed by atoms with Gasteiger partial charge in [-0.25, -0.2) is 4.98 Å². The third kappa shape index (κ3) is 5.93. The average Bonchev–Trinajstić information content (AvgIpc) is 2.85. The maximum Gasteiger partial charge on any atom is 0.185 e. The fourth-order valence-corrected chi connectivity index (χ4v) is 3.12. The third-order valence-corrected chi connectivity index (χ3v) is 4.76. The highest BCUT2D eigenvalue weighted by Crippen LogP contribution is 2.28. The van der Waals surface area contributed by atoms with Gasteiger partial charge in [-0.3, -0.25) is 0 Å². The molecule has 1 atom stereocenters. The minimum Gasteiger partial charge on any atom is -0.378 e. The Morgan fingerprint density at radius 2 is 2.00 bits per heavy atom. The molecule has 1 rings (SSSR count). The van der Waals surface area contributed by atoms with E-state index in [-0.39, 0.29) is 0 Å². The molecule has 0 saturated carbocycles. The molecule has 0 saturated heterocycles. The molecule has 0 fully saturated rings. The Labute approximate surface area is 133 Å². The van der Waals surface area contributed by atoms with Gasteiger partial charge in [-0.15, -0.1) is 11.3 Å². The first-order valence-electron chi connectivity index (χ1n) is 7.97. The highest BCUT2D eigenvalue weighted by atomic mass is 32.1. The highest BCUT2D eigenvalue weighted by Gasteiger charge is 2.17. The second kappa shape index (κ2) is 9.38. The fourth-order valence-electron chi connectivity index (χ4n) is 2.04. The van der Waals surface area contributed by atoms with Crippen molar-refractivity contribution >= 4 is 16.5 Å². The van der Waals surface area contributed by atoms with Crippen LogP contribution in [0.4, 0.5) is 5.13 Å². The van der Waals surface area contributed by atoms with Crippen LogP contribution in [0.2, 0.25) is 0 Å². The van der Waals surface area contributed by atoms with Crippen molar-refractivity contribution in [3.63, 3.8) is 0 Å². The van der Waals surface area contributed by atoms with Crippen LogP contribution >= 0.6 is 11.3 Å². The maximum absolute atomic E-state index is 5.30. The summed E-state index contributed by atoms with van der Waals surface area (Å²) < 4.78 is 5.30. The second-order valence-corrected chi connectivity index (χ2v) is 6.95. The summed E-state index contributed by atoms with van der Waals surface area (Å²) in [6, 6.07) is 0.480. The number of methoxy groups -OCH3 is 1. The highest BCUT2D eigenvalue weighted by molar-refractivity contribution is 7.15. The number of ether oxygens (including phenoxy) is 1. The van der Waals surface area contributed by atoms with Crippen molar-refractivity contribution in [1.29, 1.82) is 0 Å². The first-order valence-corrected chi connectivity index (χ1v) is 8.79. The molecule has 0 radical (unpaired) electrons. The quantitative estimate of drug-likeness (QED) is 0.715. The average molecular weight is 314 g/mol. The minimum atomic E-state index is 0.480. The van der Waals surface area contributed by atoms with Crippen LogP contribution < -0.4 is 10.2 Å². The van der Waals surface area contributed by atoms with Gasteiger partial charge in [0.05, 0.1) is 12.3 Å². The zero-order chi connectivity index (χ0) is 15.8. The number of aromatic nitrogens is 1. The maximum atomic E-state index is 5.30. The first-order chi connectivity index (χ1) is 10.0. The molecule has 21 heavy (non-hydrogen) atoms. The Bertz CT molecular complexity index is 406. The van der Waals surface area contributed by atoms with Gasteiger partial charge in [0.15, 0.2) is 5.13 Å². The molecule has 1 N–H and O–H groups in total. The van der Waals surface area contributed by atoms with E-state index in [1.807, 2.05) is 0 Å². The van der Waals surface area contributed by atoms with Gasteiger partial charge in [0.25, 0.3) is 0 Å². The van der Waals surface area contributed by atoms with E-state index < -0.39 is 0 Å². The third-order valence-electron chi connectivity index (χ3n) is 3.60. The molecule has 0 amide bonds. The molecule has 4 nitrogen and oxygen atoms in total. The van der Waals surface area contributed by atoms with Crippen molar-refractivity contribution in [2.24, 2.45) is 5.92 Å². The van der Waals surface area contributed by atoms with Gasteiger partial charge in [0.1, 0.15) is 0 Å². The van der Waals surface area contributed by atoms with Crippen LogP contribution in [0, 0.1) is 5.92 Å².